The number of Topliss-reactive ketones (excluding diaryl/α,β-unsaturated/α-hetero) is 1. The van der Waals surface area contributed by atoms with Crippen molar-refractivity contribution >= 4 is 27.7 Å². The maximum absolute atomic E-state index is 13.9. The Kier molecular flexibility index (Phi) is 4.37. The second-order valence-electron chi connectivity index (χ2n) is 4.25. The number of benzene rings is 2. The van der Waals surface area contributed by atoms with E-state index in [4.69, 9.17) is 9.84 Å². The van der Waals surface area contributed by atoms with Crippen LogP contribution in [-0.4, -0.2) is 16.9 Å². The van der Waals surface area contributed by atoms with Crippen LogP contribution in [0.25, 0.3) is 0 Å². The molecule has 0 aliphatic rings. The number of aromatic carboxylic acids is 1. The first-order chi connectivity index (χ1) is 9.88. The number of carbonyl (C=O) groups excluding carboxylic acids is 1. The lowest BCUT2D eigenvalue weighted by Crippen LogP contribution is -1.98. The van der Waals surface area contributed by atoms with Gasteiger partial charge in [-0.2, -0.15) is 0 Å². The molecule has 0 aromatic heterocycles. The third-order valence-corrected chi connectivity index (χ3v) is 3.39. The van der Waals surface area contributed by atoms with Crippen molar-refractivity contribution in [1.29, 1.82) is 0 Å². The Balaban J connectivity index is 2.36. The molecule has 0 spiro atoms. The number of halogens is 2. The van der Waals surface area contributed by atoms with Gasteiger partial charge >= 0.3 is 5.97 Å². The Morgan fingerprint density at radius 3 is 2.33 bits per heavy atom. The molecular formula is C15H10BrFO4. The van der Waals surface area contributed by atoms with E-state index in [9.17, 15) is 14.0 Å². The van der Waals surface area contributed by atoms with Crippen LogP contribution in [0.15, 0.2) is 40.9 Å². The third kappa shape index (κ3) is 3.46. The summed E-state index contributed by atoms with van der Waals surface area (Å²) in [4.78, 5) is 22.1. The highest BCUT2D eigenvalue weighted by molar-refractivity contribution is 9.10. The fourth-order valence-electron chi connectivity index (χ4n) is 1.64. The fourth-order valence-corrected chi connectivity index (χ4v) is 1.96. The van der Waals surface area contributed by atoms with Gasteiger partial charge < -0.3 is 9.84 Å². The molecule has 0 fully saturated rings. The standard InChI is InChI=1S/C15H10BrFO4/c1-8(18)9-3-5-13(12(17)6-9)21-14-7-10(15(19)20)2-4-11(14)16/h2-7H,1H3,(H,19,20). The molecule has 0 heterocycles. The van der Waals surface area contributed by atoms with Crippen molar-refractivity contribution in [2.45, 2.75) is 6.92 Å². The summed E-state index contributed by atoms with van der Waals surface area (Å²) in [7, 11) is 0. The molecule has 0 saturated heterocycles. The second kappa shape index (κ2) is 6.05. The second-order valence-corrected chi connectivity index (χ2v) is 5.11. The van der Waals surface area contributed by atoms with Crippen LogP contribution in [-0.2, 0) is 0 Å². The Labute approximate surface area is 128 Å². The van der Waals surface area contributed by atoms with E-state index in [1.165, 1.54) is 37.3 Å². The molecule has 21 heavy (non-hydrogen) atoms. The third-order valence-electron chi connectivity index (χ3n) is 2.74. The van der Waals surface area contributed by atoms with Gasteiger partial charge in [0.15, 0.2) is 17.3 Å². The number of rotatable bonds is 4. The van der Waals surface area contributed by atoms with Crippen molar-refractivity contribution in [2.24, 2.45) is 0 Å². The first-order valence-corrected chi connectivity index (χ1v) is 6.69. The summed E-state index contributed by atoms with van der Waals surface area (Å²) in [6.45, 7) is 1.34. The van der Waals surface area contributed by atoms with Crippen molar-refractivity contribution in [3.63, 3.8) is 0 Å². The maximum atomic E-state index is 13.9. The largest absolute Gasteiger partial charge is 0.478 e. The summed E-state index contributed by atoms with van der Waals surface area (Å²) in [6, 6.07) is 8.02. The highest BCUT2D eigenvalue weighted by Gasteiger charge is 2.12. The Morgan fingerprint density at radius 2 is 1.76 bits per heavy atom. The number of carbonyl (C=O) groups is 2. The first-order valence-electron chi connectivity index (χ1n) is 5.89. The predicted molar refractivity (Wildman–Crippen MR) is 77.6 cm³/mol. The SMILES string of the molecule is CC(=O)c1ccc(Oc2cc(C(=O)O)ccc2Br)c(F)c1. The lowest BCUT2D eigenvalue weighted by Gasteiger charge is -2.10. The van der Waals surface area contributed by atoms with Crippen molar-refractivity contribution in [3.8, 4) is 11.5 Å². The highest BCUT2D eigenvalue weighted by Crippen LogP contribution is 2.32. The minimum atomic E-state index is -1.11. The van der Waals surface area contributed by atoms with Crippen LogP contribution in [0, 0.1) is 5.82 Å². The zero-order valence-electron chi connectivity index (χ0n) is 10.9. The zero-order chi connectivity index (χ0) is 15.6. The van der Waals surface area contributed by atoms with Gasteiger partial charge in [0.05, 0.1) is 10.0 Å². The average Bonchev–Trinajstić information content (AvgIpc) is 2.42. The molecular weight excluding hydrogens is 343 g/mol. The van der Waals surface area contributed by atoms with Gasteiger partial charge in [0.25, 0.3) is 0 Å². The van der Waals surface area contributed by atoms with E-state index in [-0.39, 0.29) is 28.4 Å². The van der Waals surface area contributed by atoms with Crippen LogP contribution in [0.4, 0.5) is 4.39 Å². The minimum absolute atomic E-state index is 0.0222. The summed E-state index contributed by atoms with van der Waals surface area (Å²) < 4.78 is 19.7. The van der Waals surface area contributed by atoms with Gasteiger partial charge in [0, 0.05) is 5.56 Å². The Morgan fingerprint density at radius 1 is 1.10 bits per heavy atom. The van der Waals surface area contributed by atoms with Gasteiger partial charge in [-0.05, 0) is 59.3 Å². The lowest BCUT2D eigenvalue weighted by atomic mass is 10.1. The molecule has 1 N–H and O–H groups in total. The van der Waals surface area contributed by atoms with Gasteiger partial charge in [-0.3, -0.25) is 4.79 Å². The normalized spacial score (nSPS) is 10.2. The van der Waals surface area contributed by atoms with Crippen molar-refractivity contribution in [3.05, 3.63) is 57.8 Å². The molecule has 2 aromatic carbocycles. The topological polar surface area (TPSA) is 63.6 Å². The lowest BCUT2D eigenvalue weighted by molar-refractivity contribution is 0.0696. The fraction of sp³-hybridized carbons (Fsp3) is 0.0667. The van der Waals surface area contributed by atoms with E-state index in [0.717, 1.165) is 6.07 Å². The van der Waals surface area contributed by atoms with Crippen LogP contribution < -0.4 is 4.74 Å². The summed E-state index contributed by atoms with van der Waals surface area (Å²) in [5.74, 6) is -1.99. The summed E-state index contributed by atoms with van der Waals surface area (Å²) in [5, 5.41) is 8.94. The van der Waals surface area contributed by atoms with Crippen molar-refractivity contribution < 1.29 is 23.8 Å². The Hall–Kier alpha value is -2.21. The van der Waals surface area contributed by atoms with Crippen LogP contribution >= 0.6 is 15.9 Å². The number of carboxylic acids is 1. The van der Waals surface area contributed by atoms with Crippen molar-refractivity contribution in [1.82, 2.24) is 0 Å². The molecule has 0 amide bonds. The number of carboxylic acid groups (broad SMARTS) is 1. The molecule has 4 nitrogen and oxygen atoms in total. The Bertz CT molecular complexity index is 728. The van der Waals surface area contributed by atoms with E-state index in [0.29, 0.717) is 4.47 Å². The molecule has 2 rings (SSSR count). The van der Waals surface area contributed by atoms with Gasteiger partial charge in [-0.15, -0.1) is 0 Å². The monoisotopic (exact) mass is 352 g/mol. The molecule has 0 unspecified atom stereocenters. The van der Waals surface area contributed by atoms with Crippen LogP contribution in [0.3, 0.4) is 0 Å². The minimum Gasteiger partial charge on any atom is -0.478 e. The molecule has 6 heteroatoms. The molecule has 0 atom stereocenters. The summed E-state index contributed by atoms with van der Waals surface area (Å²) >= 11 is 3.20. The van der Waals surface area contributed by atoms with Gasteiger partial charge in [-0.1, -0.05) is 0 Å². The molecule has 0 saturated carbocycles. The zero-order valence-corrected chi connectivity index (χ0v) is 12.5. The predicted octanol–water partition coefficient (Wildman–Crippen LogP) is 4.28. The maximum Gasteiger partial charge on any atom is 0.335 e. The molecule has 0 radical (unpaired) electrons. The number of hydrogen-bond acceptors (Lipinski definition) is 3. The molecule has 0 bridgehead atoms. The molecule has 0 aliphatic carbocycles. The van der Waals surface area contributed by atoms with Crippen LogP contribution in [0.2, 0.25) is 0 Å². The van der Waals surface area contributed by atoms with Crippen LogP contribution in [0.5, 0.6) is 11.5 Å². The quantitative estimate of drug-likeness (QED) is 0.834. The van der Waals surface area contributed by atoms with Crippen molar-refractivity contribution in [2.75, 3.05) is 0 Å². The van der Waals surface area contributed by atoms with E-state index >= 15 is 0 Å². The van der Waals surface area contributed by atoms with E-state index < -0.39 is 11.8 Å². The first kappa shape index (κ1) is 15.2. The highest BCUT2D eigenvalue weighted by atomic mass is 79.9. The van der Waals surface area contributed by atoms with Gasteiger partial charge in [0.1, 0.15) is 5.75 Å². The van der Waals surface area contributed by atoms with Gasteiger partial charge in [-0.25, -0.2) is 9.18 Å². The summed E-state index contributed by atoms with van der Waals surface area (Å²) in [5.41, 5.74) is 0.257. The molecule has 108 valence electrons. The average molecular weight is 353 g/mol. The van der Waals surface area contributed by atoms with E-state index in [1.54, 1.807) is 0 Å². The van der Waals surface area contributed by atoms with Gasteiger partial charge in [0.2, 0.25) is 0 Å². The smallest absolute Gasteiger partial charge is 0.335 e. The number of ether oxygens (including phenoxy) is 1. The van der Waals surface area contributed by atoms with E-state index in [2.05, 4.69) is 15.9 Å². The van der Waals surface area contributed by atoms with E-state index in [1.807, 2.05) is 0 Å². The molecule has 2 aromatic rings. The summed E-state index contributed by atoms with van der Waals surface area (Å²) in [6.07, 6.45) is 0. The molecule has 0 aliphatic heterocycles. The number of ketones is 1. The number of hydrogen-bond donors (Lipinski definition) is 1. The van der Waals surface area contributed by atoms with Crippen LogP contribution in [0.1, 0.15) is 27.6 Å².